The summed E-state index contributed by atoms with van der Waals surface area (Å²) < 4.78 is 21.5. The number of piperidine rings is 1. The molecule has 2 aromatic rings. The summed E-state index contributed by atoms with van der Waals surface area (Å²) in [4.78, 5) is 27.3. The molecular weight excluding hydrogens is 537 g/mol. The highest BCUT2D eigenvalue weighted by molar-refractivity contribution is 7.18. The zero-order valence-electron chi connectivity index (χ0n) is 20.9. The monoisotopic (exact) mass is 568 g/mol. The minimum absolute atomic E-state index is 0.00450. The van der Waals surface area contributed by atoms with Crippen LogP contribution < -0.4 is 15.5 Å². The van der Waals surface area contributed by atoms with Crippen LogP contribution in [0.25, 0.3) is 0 Å². The molecule has 0 saturated carbocycles. The van der Waals surface area contributed by atoms with Crippen molar-refractivity contribution in [2.24, 2.45) is 0 Å². The second kappa shape index (κ2) is 11.7. The first kappa shape index (κ1) is 28.8. The van der Waals surface area contributed by atoms with Crippen molar-refractivity contribution in [2.45, 2.75) is 56.7 Å². The fourth-order valence-corrected chi connectivity index (χ4v) is 5.92. The maximum absolute atomic E-state index is 14.9. The smallest absolute Gasteiger partial charge is 0.261 e. The summed E-state index contributed by atoms with van der Waals surface area (Å²) >= 11 is 6.98. The largest absolute Gasteiger partial charge is 0.405 e. The van der Waals surface area contributed by atoms with E-state index in [1.54, 1.807) is 29.2 Å². The van der Waals surface area contributed by atoms with Gasteiger partial charge in [-0.05, 0) is 60.9 Å². The molecule has 1 aliphatic rings. The number of hydrogen-bond acceptors (Lipinski definition) is 6. The number of nitrogens with one attached hydrogen (secondary N) is 2. The van der Waals surface area contributed by atoms with Gasteiger partial charge in [-0.15, -0.1) is 11.3 Å². The molecule has 1 fully saturated rings. The Morgan fingerprint density at radius 2 is 2.08 bits per heavy atom. The SMILES string of the molecule is CC(C)([Si])[Si](C)(C)OC1CCCN(c2ccc(NC[C@@H](O)CNC(=O)c3ccc(Cl)s3)c(F)c2)C1=O. The Bertz CT molecular complexity index is 1100. The number of thiophene rings is 1. The lowest BCUT2D eigenvalue weighted by Crippen LogP contribution is -2.53. The average molecular weight is 569 g/mol. The van der Waals surface area contributed by atoms with E-state index in [9.17, 15) is 19.1 Å². The number of hydrogen-bond donors (Lipinski definition) is 3. The van der Waals surface area contributed by atoms with Crippen LogP contribution in [0, 0.1) is 5.82 Å². The summed E-state index contributed by atoms with van der Waals surface area (Å²) in [7, 11) is 1.54. The molecule has 0 bridgehead atoms. The molecule has 2 atom stereocenters. The van der Waals surface area contributed by atoms with Crippen LogP contribution in [-0.2, 0) is 9.22 Å². The molecular formula is C24H32ClFN3O4SSi2. The van der Waals surface area contributed by atoms with E-state index in [0.29, 0.717) is 27.9 Å². The molecule has 195 valence electrons. The zero-order chi connectivity index (χ0) is 26.7. The lowest BCUT2D eigenvalue weighted by Gasteiger charge is -2.41. The predicted octanol–water partition coefficient (Wildman–Crippen LogP) is 4.37. The molecule has 1 aromatic heterocycles. The Morgan fingerprint density at radius 3 is 2.69 bits per heavy atom. The maximum Gasteiger partial charge on any atom is 0.261 e. The van der Waals surface area contributed by atoms with Gasteiger partial charge in [0.1, 0.15) is 11.9 Å². The summed E-state index contributed by atoms with van der Waals surface area (Å²) in [5.41, 5.74) is 0.664. The van der Waals surface area contributed by atoms with Crippen LogP contribution in [-0.4, -0.2) is 67.3 Å². The summed E-state index contributed by atoms with van der Waals surface area (Å²) in [6.07, 6.45) is -0.0757. The van der Waals surface area contributed by atoms with Crippen LogP contribution in [0.3, 0.4) is 0 Å². The highest BCUT2D eigenvalue weighted by atomic mass is 35.5. The fraction of sp³-hybridized carbons (Fsp3) is 0.500. The van der Waals surface area contributed by atoms with E-state index in [-0.39, 0.29) is 35.3 Å². The van der Waals surface area contributed by atoms with E-state index in [1.807, 2.05) is 13.8 Å². The number of rotatable bonds is 10. The van der Waals surface area contributed by atoms with Gasteiger partial charge in [-0.25, -0.2) is 4.39 Å². The molecule has 7 nitrogen and oxygen atoms in total. The normalized spacial score (nSPS) is 17.7. The maximum atomic E-state index is 14.9. The first-order chi connectivity index (χ1) is 16.8. The Balaban J connectivity index is 1.56. The number of amides is 2. The van der Waals surface area contributed by atoms with E-state index in [0.717, 1.165) is 17.8 Å². The van der Waals surface area contributed by atoms with Gasteiger partial charge in [0.05, 0.1) is 21.0 Å². The van der Waals surface area contributed by atoms with Crippen LogP contribution in [0.15, 0.2) is 30.3 Å². The topological polar surface area (TPSA) is 90.9 Å². The molecule has 0 aliphatic carbocycles. The Kier molecular flexibility index (Phi) is 9.39. The van der Waals surface area contributed by atoms with E-state index >= 15 is 0 Å². The third-order valence-electron chi connectivity index (χ3n) is 6.42. The van der Waals surface area contributed by atoms with Crippen LogP contribution >= 0.6 is 22.9 Å². The minimum atomic E-state index is -2.21. The van der Waals surface area contributed by atoms with Crippen molar-refractivity contribution >= 4 is 64.7 Å². The van der Waals surface area contributed by atoms with Gasteiger partial charge < -0.3 is 25.1 Å². The lowest BCUT2D eigenvalue weighted by molar-refractivity contribution is -0.127. The third-order valence-corrected chi connectivity index (χ3v) is 13.3. The molecule has 1 aromatic carbocycles. The van der Waals surface area contributed by atoms with E-state index in [2.05, 4.69) is 34.0 Å². The lowest BCUT2D eigenvalue weighted by atomic mass is 10.1. The molecule has 3 rings (SSSR count). The molecule has 1 unspecified atom stereocenters. The van der Waals surface area contributed by atoms with E-state index < -0.39 is 26.3 Å². The molecule has 2 heterocycles. The number of anilines is 2. The zero-order valence-corrected chi connectivity index (χ0v) is 24.4. The average Bonchev–Trinajstić information content (AvgIpc) is 3.23. The van der Waals surface area contributed by atoms with E-state index in [1.165, 1.54) is 6.07 Å². The number of benzene rings is 1. The predicted molar refractivity (Wildman–Crippen MR) is 146 cm³/mol. The molecule has 0 spiro atoms. The molecule has 2 amide bonds. The number of aliphatic hydroxyl groups excluding tert-OH is 1. The van der Waals surface area contributed by atoms with Crippen LogP contribution in [0.1, 0.15) is 36.4 Å². The van der Waals surface area contributed by atoms with Crippen molar-refractivity contribution in [3.05, 3.63) is 45.4 Å². The van der Waals surface area contributed by atoms with Gasteiger partial charge in [0.2, 0.25) is 0 Å². The van der Waals surface area contributed by atoms with Crippen molar-refractivity contribution in [1.29, 1.82) is 0 Å². The quantitative estimate of drug-likeness (QED) is 0.370. The van der Waals surface area contributed by atoms with Crippen molar-refractivity contribution in [3.63, 3.8) is 0 Å². The highest BCUT2D eigenvalue weighted by Gasteiger charge is 2.42. The fourth-order valence-electron chi connectivity index (χ4n) is 3.56. The number of nitrogens with zero attached hydrogens (tertiary/aromatic N) is 1. The van der Waals surface area contributed by atoms with Crippen molar-refractivity contribution in [2.75, 3.05) is 29.9 Å². The van der Waals surface area contributed by atoms with Crippen molar-refractivity contribution in [3.8, 4) is 0 Å². The van der Waals surface area contributed by atoms with Crippen LogP contribution in [0.5, 0.6) is 0 Å². The molecule has 3 N–H and O–H groups in total. The number of carbonyl (C=O) groups excluding carboxylic acids is 2. The van der Waals surface area contributed by atoms with Gasteiger partial charge in [0.25, 0.3) is 11.8 Å². The highest BCUT2D eigenvalue weighted by Crippen LogP contribution is 2.36. The molecule has 1 aliphatic heterocycles. The Hall–Kier alpha value is -1.77. The summed E-state index contributed by atoms with van der Waals surface area (Å²) in [5, 5.41) is 15.7. The third kappa shape index (κ3) is 7.17. The number of aliphatic hydroxyl groups is 1. The molecule has 1 saturated heterocycles. The van der Waals surface area contributed by atoms with E-state index in [4.69, 9.17) is 16.0 Å². The number of halogens is 2. The standard InChI is InChI=1S/C24H32ClFN3O4SSi2/c1-24(2,35)36(3,4)33-19-6-5-11-29(23(19)32)15-7-8-18(17(26)12-15)27-13-16(30)14-28-22(31)20-9-10-21(25)34-20/h7-10,12,16,19,27,30H,5-6,11,13-14H2,1-4H3,(H,28,31)/t16-,19?/m1/s1. The van der Waals surface area contributed by atoms with Gasteiger partial charge in [-0.3, -0.25) is 9.59 Å². The van der Waals surface area contributed by atoms with Gasteiger partial charge in [-0.1, -0.05) is 25.4 Å². The first-order valence-corrected chi connectivity index (χ1v) is 16.4. The second-order valence-electron chi connectivity index (χ2n) is 9.89. The van der Waals surface area contributed by atoms with Crippen LogP contribution in [0.4, 0.5) is 15.8 Å². The van der Waals surface area contributed by atoms with Gasteiger partial charge in [-0.2, -0.15) is 0 Å². The summed E-state index contributed by atoms with van der Waals surface area (Å²) in [6.45, 7) is 8.77. The summed E-state index contributed by atoms with van der Waals surface area (Å²) in [5.74, 6) is -1.03. The van der Waals surface area contributed by atoms with Crippen molar-refractivity contribution in [1.82, 2.24) is 5.32 Å². The molecule has 3 radical (unpaired) electrons. The second-order valence-corrected chi connectivity index (χ2v) is 17.9. The molecule has 12 heteroatoms. The minimum Gasteiger partial charge on any atom is -0.405 e. The first-order valence-electron chi connectivity index (χ1n) is 11.8. The Labute approximate surface area is 224 Å². The van der Waals surface area contributed by atoms with Gasteiger partial charge in [0, 0.05) is 35.6 Å². The van der Waals surface area contributed by atoms with Crippen LogP contribution in [0.2, 0.25) is 22.1 Å². The van der Waals surface area contributed by atoms with Crippen molar-refractivity contribution < 1.29 is 23.5 Å². The molecule has 36 heavy (non-hydrogen) atoms. The van der Waals surface area contributed by atoms with Gasteiger partial charge in [0.15, 0.2) is 8.32 Å². The Morgan fingerprint density at radius 1 is 1.36 bits per heavy atom. The summed E-state index contributed by atoms with van der Waals surface area (Å²) in [6, 6.07) is 7.77. The number of carbonyl (C=O) groups is 2. The van der Waals surface area contributed by atoms with Gasteiger partial charge >= 0.3 is 0 Å².